The van der Waals surface area contributed by atoms with Crippen molar-refractivity contribution in [2.24, 2.45) is 0 Å². The second-order valence-electron chi connectivity index (χ2n) is 3.81. The molecular weight excluding hydrogens is 374 g/mol. The summed E-state index contributed by atoms with van der Waals surface area (Å²) in [7, 11) is 1.38. The number of amides is 1. The Morgan fingerprint density at radius 1 is 1.47 bits per heavy atom. The number of alkyl halides is 3. The van der Waals surface area contributed by atoms with Gasteiger partial charge in [0.05, 0.1) is 11.3 Å². The molecule has 1 unspecified atom stereocenters. The molecular formula is C12H13F3INO2. The molecule has 0 radical (unpaired) electrons. The van der Waals surface area contributed by atoms with Crippen molar-refractivity contribution in [2.75, 3.05) is 12.4 Å². The number of carbonyl (C=O) groups excluding carboxylic acids is 1. The molecule has 0 fully saturated rings. The van der Waals surface area contributed by atoms with Crippen LogP contribution >= 0.6 is 22.6 Å². The molecule has 1 amide bonds. The van der Waals surface area contributed by atoms with Gasteiger partial charge in [-0.3, -0.25) is 4.79 Å². The summed E-state index contributed by atoms with van der Waals surface area (Å²) in [5.74, 6) is -0.456. The summed E-state index contributed by atoms with van der Waals surface area (Å²) in [5, 5.41) is 2.45. The standard InChI is InChI=1S/C12H13F3INO2/c1-3-10(19-2)11(18)17-9-6-7(12(13,14)15)4-5-8(9)16/h4-6,10H,3H2,1-2H3,(H,17,18). The maximum Gasteiger partial charge on any atom is 0.416 e. The fourth-order valence-electron chi connectivity index (χ4n) is 1.47. The summed E-state index contributed by atoms with van der Waals surface area (Å²) >= 11 is 1.86. The van der Waals surface area contributed by atoms with Crippen LogP contribution in [-0.4, -0.2) is 19.1 Å². The third-order valence-corrected chi connectivity index (χ3v) is 3.44. The third kappa shape index (κ3) is 4.34. The lowest BCUT2D eigenvalue weighted by Crippen LogP contribution is -2.29. The van der Waals surface area contributed by atoms with Crippen molar-refractivity contribution < 1.29 is 22.7 Å². The van der Waals surface area contributed by atoms with E-state index in [4.69, 9.17) is 4.74 Å². The van der Waals surface area contributed by atoms with Crippen LogP contribution in [0.5, 0.6) is 0 Å². The Kier molecular flexibility index (Phi) is 5.60. The van der Waals surface area contributed by atoms with E-state index in [1.807, 2.05) is 22.6 Å². The Morgan fingerprint density at radius 2 is 2.11 bits per heavy atom. The summed E-state index contributed by atoms with van der Waals surface area (Å²) in [6.07, 6.45) is -4.67. The molecule has 0 aromatic heterocycles. The summed E-state index contributed by atoms with van der Waals surface area (Å²) in [6.45, 7) is 1.75. The van der Waals surface area contributed by atoms with Crippen LogP contribution in [0.25, 0.3) is 0 Å². The number of hydrogen-bond acceptors (Lipinski definition) is 2. The van der Waals surface area contributed by atoms with Crippen LogP contribution in [0.15, 0.2) is 18.2 Å². The van der Waals surface area contributed by atoms with E-state index in [-0.39, 0.29) is 5.69 Å². The van der Waals surface area contributed by atoms with Crippen LogP contribution in [-0.2, 0) is 15.7 Å². The molecule has 0 bridgehead atoms. The molecule has 0 heterocycles. The zero-order valence-electron chi connectivity index (χ0n) is 10.3. The zero-order chi connectivity index (χ0) is 14.6. The molecule has 0 aliphatic heterocycles. The normalized spacial score (nSPS) is 13.2. The van der Waals surface area contributed by atoms with Gasteiger partial charge in [-0.05, 0) is 47.2 Å². The number of hydrogen-bond donors (Lipinski definition) is 1. The predicted octanol–water partition coefficient (Wildman–Crippen LogP) is 3.67. The van der Waals surface area contributed by atoms with E-state index in [1.54, 1.807) is 6.92 Å². The van der Waals surface area contributed by atoms with Crippen LogP contribution < -0.4 is 5.32 Å². The van der Waals surface area contributed by atoms with Crippen molar-refractivity contribution in [2.45, 2.75) is 25.6 Å². The van der Waals surface area contributed by atoms with E-state index in [1.165, 1.54) is 13.2 Å². The van der Waals surface area contributed by atoms with Gasteiger partial charge in [0.2, 0.25) is 0 Å². The first-order valence-electron chi connectivity index (χ1n) is 5.50. The average Bonchev–Trinajstić information content (AvgIpc) is 2.32. The second-order valence-corrected chi connectivity index (χ2v) is 4.98. The first kappa shape index (κ1) is 16.2. The Bertz CT molecular complexity index is 459. The van der Waals surface area contributed by atoms with Gasteiger partial charge in [-0.15, -0.1) is 0 Å². The lowest BCUT2D eigenvalue weighted by Gasteiger charge is -2.15. The highest BCUT2D eigenvalue weighted by Gasteiger charge is 2.31. The molecule has 19 heavy (non-hydrogen) atoms. The quantitative estimate of drug-likeness (QED) is 0.801. The highest BCUT2D eigenvalue weighted by atomic mass is 127. The average molecular weight is 387 g/mol. The number of carbonyl (C=O) groups is 1. The van der Waals surface area contributed by atoms with Gasteiger partial charge in [-0.1, -0.05) is 6.92 Å². The summed E-state index contributed by atoms with van der Waals surface area (Å²) in [6, 6.07) is 3.21. The predicted molar refractivity (Wildman–Crippen MR) is 73.9 cm³/mol. The molecule has 0 saturated heterocycles. The fourth-order valence-corrected chi connectivity index (χ4v) is 1.94. The van der Waals surface area contributed by atoms with Gasteiger partial charge in [0.15, 0.2) is 0 Å². The molecule has 0 saturated carbocycles. The van der Waals surface area contributed by atoms with E-state index in [9.17, 15) is 18.0 Å². The largest absolute Gasteiger partial charge is 0.416 e. The maximum atomic E-state index is 12.6. The van der Waals surface area contributed by atoms with Crippen molar-refractivity contribution in [3.8, 4) is 0 Å². The molecule has 1 aromatic rings. The Hall–Kier alpha value is -0.830. The van der Waals surface area contributed by atoms with Crippen molar-refractivity contribution in [3.63, 3.8) is 0 Å². The first-order valence-corrected chi connectivity index (χ1v) is 6.57. The fraction of sp³-hybridized carbons (Fsp3) is 0.417. The van der Waals surface area contributed by atoms with E-state index in [0.29, 0.717) is 9.99 Å². The molecule has 0 spiro atoms. The van der Waals surface area contributed by atoms with E-state index in [0.717, 1.165) is 12.1 Å². The van der Waals surface area contributed by atoms with Crippen LogP contribution in [0.2, 0.25) is 0 Å². The topological polar surface area (TPSA) is 38.3 Å². The van der Waals surface area contributed by atoms with Crippen LogP contribution in [0.4, 0.5) is 18.9 Å². The SMILES string of the molecule is CCC(OC)C(=O)Nc1cc(C(F)(F)F)ccc1I. The minimum absolute atomic E-state index is 0.135. The zero-order valence-corrected chi connectivity index (χ0v) is 12.5. The van der Waals surface area contributed by atoms with Crippen molar-refractivity contribution in [3.05, 3.63) is 27.3 Å². The minimum atomic E-state index is -4.44. The number of benzene rings is 1. The number of methoxy groups -OCH3 is 1. The maximum absolute atomic E-state index is 12.6. The third-order valence-electron chi connectivity index (χ3n) is 2.50. The Labute approximate surface area is 122 Å². The van der Waals surface area contributed by atoms with Gasteiger partial charge in [0.1, 0.15) is 6.10 Å². The number of rotatable bonds is 4. The van der Waals surface area contributed by atoms with Gasteiger partial charge >= 0.3 is 6.18 Å². The van der Waals surface area contributed by atoms with E-state index >= 15 is 0 Å². The van der Waals surface area contributed by atoms with Crippen LogP contribution in [0.1, 0.15) is 18.9 Å². The molecule has 1 aromatic carbocycles. The van der Waals surface area contributed by atoms with Crippen LogP contribution in [0.3, 0.4) is 0 Å². The Balaban J connectivity index is 2.98. The highest BCUT2D eigenvalue weighted by molar-refractivity contribution is 14.1. The Morgan fingerprint density at radius 3 is 2.58 bits per heavy atom. The van der Waals surface area contributed by atoms with Gasteiger partial charge in [0, 0.05) is 10.7 Å². The van der Waals surface area contributed by atoms with Gasteiger partial charge in [-0.2, -0.15) is 13.2 Å². The van der Waals surface area contributed by atoms with Gasteiger partial charge in [-0.25, -0.2) is 0 Å². The molecule has 1 rings (SSSR count). The molecule has 0 aliphatic rings. The second kappa shape index (κ2) is 6.56. The molecule has 1 atom stereocenters. The number of ether oxygens (including phenoxy) is 1. The lowest BCUT2D eigenvalue weighted by atomic mass is 10.2. The summed E-state index contributed by atoms with van der Waals surface area (Å²) in [4.78, 5) is 11.8. The van der Waals surface area contributed by atoms with Gasteiger partial charge < -0.3 is 10.1 Å². The monoisotopic (exact) mass is 387 g/mol. The molecule has 106 valence electrons. The van der Waals surface area contributed by atoms with Crippen molar-refractivity contribution in [1.82, 2.24) is 0 Å². The molecule has 0 aliphatic carbocycles. The van der Waals surface area contributed by atoms with E-state index < -0.39 is 23.8 Å². The minimum Gasteiger partial charge on any atom is -0.372 e. The number of anilines is 1. The first-order chi connectivity index (χ1) is 8.79. The molecule has 3 nitrogen and oxygen atoms in total. The highest BCUT2D eigenvalue weighted by Crippen LogP contribution is 2.32. The molecule has 1 N–H and O–H groups in total. The van der Waals surface area contributed by atoms with E-state index in [2.05, 4.69) is 5.32 Å². The number of halogens is 4. The molecule has 7 heteroatoms. The van der Waals surface area contributed by atoms with Crippen molar-refractivity contribution in [1.29, 1.82) is 0 Å². The summed E-state index contributed by atoms with van der Waals surface area (Å²) < 4.78 is 43.2. The lowest BCUT2D eigenvalue weighted by molar-refractivity contribution is -0.137. The summed E-state index contributed by atoms with van der Waals surface area (Å²) in [5.41, 5.74) is -0.662. The van der Waals surface area contributed by atoms with Gasteiger partial charge in [0.25, 0.3) is 5.91 Å². The van der Waals surface area contributed by atoms with Crippen molar-refractivity contribution >= 4 is 34.2 Å². The number of nitrogens with one attached hydrogen (secondary N) is 1. The smallest absolute Gasteiger partial charge is 0.372 e. The van der Waals surface area contributed by atoms with Crippen LogP contribution in [0, 0.1) is 3.57 Å².